The van der Waals surface area contributed by atoms with Crippen LogP contribution in [0.5, 0.6) is 0 Å². The van der Waals surface area contributed by atoms with Gasteiger partial charge in [-0.3, -0.25) is 9.36 Å². The van der Waals surface area contributed by atoms with Crippen molar-refractivity contribution in [2.75, 3.05) is 11.1 Å². The zero-order valence-corrected chi connectivity index (χ0v) is 17.7. The average molecular weight is 413 g/mol. The lowest BCUT2D eigenvalue weighted by molar-refractivity contribution is -0.113. The second-order valence-electron chi connectivity index (χ2n) is 7.12. The second-order valence-corrected chi connectivity index (χ2v) is 9.01. The lowest BCUT2D eigenvalue weighted by Gasteiger charge is -2.15. The number of aromatic nitrogens is 3. The molecule has 0 saturated heterocycles. The highest BCUT2D eigenvalue weighted by Gasteiger charge is 2.30. The van der Waals surface area contributed by atoms with Crippen LogP contribution in [-0.4, -0.2) is 26.4 Å². The van der Waals surface area contributed by atoms with E-state index in [1.54, 1.807) is 11.3 Å². The Morgan fingerprint density at radius 2 is 2.11 bits per heavy atom. The van der Waals surface area contributed by atoms with Crippen molar-refractivity contribution in [1.82, 2.24) is 14.8 Å². The summed E-state index contributed by atoms with van der Waals surface area (Å²) < 4.78 is 2.21. The van der Waals surface area contributed by atoms with E-state index in [-0.39, 0.29) is 5.91 Å². The molecule has 1 aliphatic carbocycles. The largest absolute Gasteiger partial charge is 0.325 e. The number of carbonyl (C=O) groups is 1. The number of carbonyl (C=O) groups excluding carboxylic acids is 1. The van der Waals surface area contributed by atoms with Gasteiger partial charge in [-0.15, -0.1) is 21.5 Å². The SMILES string of the molecule is CC[C@H](C)c1ccccc1NC(=O)CSc1nnc(-c2cccs2)n1C1CC1. The fourth-order valence-corrected chi connectivity index (χ4v) is 4.70. The molecule has 0 bridgehead atoms. The molecule has 28 heavy (non-hydrogen) atoms. The Balaban J connectivity index is 1.45. The normalized spacial score (nSPS) is 14.8. The van der Waals surface area contributed by atoms with E-state index in [9.17, 15) is 4.79 Å². The number of thiophene rings is 1. The average Bonchev–Trinajstić information content (AvgIpc) is 3.23. The number of benzene rings is 1. The summed E-state index contributed by atoms with van der Waals surface area (Å²) in [6, 6.07) is 12.6. The van der Waals surface area contributed by atoms with Crippen LogP contribution in [0.25, 0.3) is 10.7 Å². The molecule has 0 unspecified atom stereocenters. The Hall–Kier alpha value is -2.12. The van der Waals surface area contributed by atoms with Crippen molar-refractivity contribution in [3.05, 3.63) is 47.3 Å². The molecule has 2 aromatic heterocycles. The summed E-state index contributed by atoms with van der Waals surface area (Å²) in [6.07, 6.45) is 3.34. The Morgan fingerprint density at radius 3 is 2.82 bits per heavy atom. The van der Waals surface area contributed by atoms with Gasteiger partial charge in [-0.1, -0.05) is 49.9 Å². The van der Waals surface area contributed by atoms with E-state index >= 15 is 0 Å². The van der Waals surface area contributed by atoms with Crippen molar-refractivity contribution >= 4 is 34.7 Å². The molecule has 1 N–H and O–H groups in total. The second kappa shape index (κ2) is 8.49. The predicted octanol–water partition coefficient (Wildman–Crippen LogP) is 5.59. The van der Waals surface area contributed by atoms with Gasteiger partial charge in [-0.25, -0.2) is 0 Å². The highest BCUT2D eigenvalue weighted by atomic mass is 32.2. The summed E-state index contributed by atoms with van der Waals surface area (Å²) in [5.74, 6) is 1.64. The van der Waals surface area contributed by atoms with Gasteiger partial charge in [0, 0.05) is 11.7 Å². The first-order valence-electron chi connectivity index (χ1n) is 9.67. The molecule has 0 radical (unpaired) electrons. The molecule has 4 rings (SSSR count). The molecule has 1 fully saturated rings. The summed E-state index contributed by atoms with van der Waals surface area (Å²) in [4.78, 5) is 13.7. The number of hydrogen-bond donors (Lipinski definition) is 1. The third kappa shape index (κ3) is 4.15. The molecule has 1 saturated carbocycles. The fourth-order valence-electron chi connectivity index (χ4n) is 3.19. The number of nitrogens with zero attached hydrogens (tertiary/aromatic N) is 3. The third-order valence-electron chi connectivity index (χ3n) is 5.03. The number of rotatable bonds is 8. The molecule has 146 valence electrons. The maximum absolute atomic E-state index is 12.6. The summed E-state index contributed by atoms with van der Waals surface area (Å²) in [6.45, 7) is 4.35. The first-order chi connectivity index (χ1) is 13.7. The molecule has 2 heterocycles. The zero-order valence-electron chi connectivity index (χ0n) is 16.1. The number of para-hydroxylation sites is 1. The first-order valence-corrected chi connectivity index (χ1v) is 11.5. The minimum absolute atomic E-state index is 0.0104. The van der Waals surface area contributed by atoms with Gasteiger partial charge in [0.2, 0.25) is 5.91 Å². The van der Waals surface area contributed by atoms with Gasteiger partial charge < -0.3 is 5.32 Å². The number of nitrogens with one attached hydrogen (secondary N) is 1. The predicted molar refractivity (Wildman–Crippen MR) is 116 cm³/mol. The van der Waals surface area contributed by atoms with Crippen LogP contribution in [0.15, 0.2) is 46.9 Å². The van der Waals surface area contributed by atoms with Crippen LogP contribution >= 0.6 is 23.1 Å². The molecule has 5 nitrogen and oxygen atoms in total. The molecule has 1 aliphatic rings. The number of anilines is 1. The Bertz CT molecular complexity index is 947. The van der Waals surface area contributed by atoms with Crippen molar-refractivity contribution in [3.8, 4) is 10.7 Å². The van der Waals surface area contributed by atoms with E-state index in [0.29, 0.717) is 17.7 Å². The lowest BCUT2D eigenvalue weighted by Crippen LogP contribution is -2.16. The number of amides is 1. The van der Waals surface area contributed by atoms with Crippen LogP contribution in [0, 0.1) is 0 Å². The van der Waals surface area contributed by atoms with Gasteiger partial charge in [0.1, 0.15) is 0 Å². The molecule has 1 atom stereocenters. The van der Waals surface area contributed by atoms with Crippen LogP contribution in [0.3, 0.4) is 0 Å². The summed E-state index contributed by atoms with van der Waals surface area (Å²) in [5, 5.41) is 14.7. The third-order valence-corrected chi connectivity index (χ3v) is 6.84. The smallest absolute Gasteiger partial charge is 0.234 e. The van der Waals surface area contributed by atoms with E-state index < -0.39 is 0 Å². The number of hydrogen-bond acceptors (Lipinski definition) is 5. The topological polar surface area (TPSA) is 59.8 Å². The maximum Gasteiger partial charge on any atom is 0.234 e. The minimum atomic E-state index is -0.0104. The summed E-state index contributed by atoms with van der Waals surface area (Å²) in [7, 11) is 0. The molecular weight excluding hydrogens is 388 g/mol. The van der Waals surface area contributed by atoms with E-state index in [1.165, 1.54) is 17.3 Å². The molecule has 7 heteroatoms. The van der Waals surface area contributed by atoms with Crippen LogP contribution in [-0.2, 0) is 4.79 Å². The maximum atomic E-state index is 12.6. The Morgan fingerprint density at radius 1 is 1.29 bits per heavy atom. The molecular formula is C21H24N4OS2. The first kappa shape index (κ1) is 19.2. The van der Waals surface area contributed by atoms with Gasteiger partial charge in [0.15, 0.2) is 11.0 Å². The van der Waals surface area contributed by atoms with Gasteiger partial charge in [-0.05, 0) is 48.3 Å². The summed E-state index contributed by atoms with van der Waals surface area (Å²) in [5.41, 5.74) is 2.09. The molecule has 0 aliphatic heterocycles. The Kier molecular flexibility index (Phi) is 5.82. The zero-order chi connectivity index (χ0) is 19.5. The monoisotopic (exact) mass is 412 g/mol. The quantitative estimate of drug-likeness (QED) is 0.490. The van der Waals surface area contributed by atoms with Gasteiger partial charge in [0.05, 0.1) is 10.6 Å². The molecule has 1 amide bonds. The van der Waals surface area contributed by atoms with Crippen LogP contribution in [0.1, 0.15) is 50.6 Å². The fraction of sp³-hybridized carbons (Fsp3) is 0.381. The van der Waals surface area contributed by atoms with Crippen molar-refractivity contribution < 1.29 is 4.79 Å². The molecule has 1 aromatic carbocycles. The van der Waals surface area contributed by atoms with Gasteiger partial charge in [0.25, 0.3) is 0 Å². The van der Waals surface area contributed by atoms with Gasteiger partial charge in [-0.2, -0.15) is 0 Å². The van der Waals surface area contributed by atoms with Crippen molar-refractivity contribution in [3.63, 3.8) is 0 Å². The molecule has 0 spiro atoms. The number of thioether (sulfide) groups is 1. The minimum Gasteiger partial charge on any atom is -0.325 e. The van der Waals surface area contributed by atoms with E-state index in [0.717, 1.165) is 40.8 Å². The van der Waals surface area contributed by atoms with Crippen molar-refractivity contribution in [2.24, 2.45) is 0 Å². The van der Waals surface area contributed by atoms with Crippen molar-refractivity contribution in [1.29, 1.82) is 0 Å². The van der Waals surface area contributed by atoms with E-state index in [1.807, 2.05) is 24.3 Å². The standard InChI is InChI=1S/C21H24N4OS2/c1-3-14(2)16-7-4-5-8-17(16)22-19(26)13-28-21-24-23-20(18-9-6-12-27-18)25(21)15-10-11-15/h4-9,12,14-15H,3,10-11,13H2,1-2H3,(H,22,26)/t14-/m0/s1. The summed E-state index contributed by atoms with van der Waals surface area (Å²) >= 11 is 3.13. The Labute approximate surface area is 173 Å². The van der Waals surface area contributed by atoms with Crippen LogP contribution < -0.4 is 5.32 Å². The van der Waals surface area contributed by atoms with E-state index in [2.05, 4.69) is 51.4 Å². The van der Waals surface area contributed by atoms with Crippen LogP contribution in [0.2, 0.25) is 0 Å². The van der Waals surface area contributed by atoms with Crippen molar-refractivity contribution in [2.45, 2.75) is 50.2 Å². The highest BCUT2D eigenvalue weighted by molar-refractivity contribution is 7.99. The highest BCUT2D eigenvalue weighted by Crippen LogP contribution is 2.41. The lowest BCUT2D eigenvalue weighted by atomic mass is 9.97. The van der Waals surface area contributed by atoms with Gasteiger partial charge >= 0.3 is 0 Å². The van der Waals surface area contributed by atoms with Crippen LogP contribution in [0.4, 0.5) is 5.69 Å². The molecule has 3 aromatic rings. The van der Waals surface area contributed by atoms with E-state index in [4.69, 9.17) is 0 Å².